The van der Waals surface area contributed by atoms with Crippen LogP contribution < -0.4 is 10.2 Å². The van der Waals surface area contributed by atoms with Crippen LogP contribution in [0.2, 0.25) is 0 Å². The fraction of sp³-hybridized carbons (Fsp3) is 0.714. The van der Waals surface area contributed by atoms with E-state index in [1.165, 1.54) is 0 Å². The lowest BCUT2D eigenvalue weighted by atomic mass is 10.1. The van der Waals surface area contributed by atoms with Crippen molar-refractivity contribution < 1.29 is 0 Å². The molecule has 4 nitrogen and oxygen atoms in total. The van der Waals surface area contributed by atoms with Gasteiger partial charge in [-0.15, -0.1) is 0 Å². The first-order valence-corrected chi connectivity index (χ1v) is 6.93. The minimum absolute atomic E-state index is 0.539. The lowest BCUT2D eigenvalue weighted by molar-refractivity contribution is 0.585. The van der Waals surface area contributed by atoms with Crippen LogP contribution in [-0.2, 0) is 0 Å². The van der Waals surface area contributed by atoms with E-state index in [1.807, 2.05) is 0 Å². The summed E-state index contributed by atoms with van der Waals surface area (Å²) >= 11 is 0. The molecule has 0 spiro atoms. The zero-order chi connectivity index (χ0) is 13.5. The predicted molar refractivity (Wildman–Crippen MR) is 78.3 cm³/mol. The van der Waals surface area contributed by atoms with E-state index in [1.54, 1.807) is 6.33 Å². The number of rotatable bonds is 7. The molecule has 0 bridgehead atoms. The van der Waals surface area contributed by atoms with Crippen LogP contribution in [0.1, 0.15) is 45.6 Å². The number of nitrogens with zero attached hydrogens (tertiary/aromatic N) is 3. The summed E-state index contributed by atoms with van der Waals surface area (Å²) in [4.78, 5) is 11.0. The Morgan fingerprint density at radius 1 is 1.22 bits per heavy atom. The van der Waals surface area contributed by atoms with Crippen LogP contribution in [0.25, 0.3) is 0 Å². The minimum atomic E-state index is 0.539. The summed E-state index contributed by atoms with van der Waals surface area (Å²) in [6, 6.07) is 0.539. The molecular formula is C14H26N4. The van der Waals surface area contributed by atoms with Crippen molar-refractivity contribution in [2.45, 2.75) is 53.0 Å². The maximum Gasteiger partial charge on any atom is 0.137 e. The number of aromatic nitrogens is 2. The molecule has 0 radical (unpaired) electrons. The Kier molecular flexibility index (Phi) is 5.89. The van der Waals surface area contributed by atoms with Crippen LogP contribution in [0.3, 0.4) is 0 Å². The fourth-order valence-corrected chi connectivity index (χ4v) is 2.23. The topological polar surface area (TPSA) is 41.1 Å². The molecule has 0 aromatic carbocycles. The van der Waals surface area contributed by atoms with E-state index in [4.69, 9.17) is 0 Å². The third-order valence-electron chi connectivity index (χ3n) is 3.42. The van der Waals surface area contributed by atoms with Gasteiger partial charge in [-0.25, -0.2) is 9.97 Å². The van der Waals surface area contributed by atoms with Gasteiger partial charge in [-0.3, -0.25) is 0 Å². The highest BCUT2D eigenvalue weighted by Crippen LogP contribution is 2.24. The molecule has 0 saturated heterocycles. The summed E-state index contributed by atoms with van der Waals surface area (Å²) in [5.41, 5.74) is 1.14. The van der Waals surface area contributed by atoms with Gasteiger partial charge < -0.3 is 10.2 Å². The summed E-state index contributed by atoms with van der Waals surface area (Å²) in [6.07, 6.45) is 5.02. The Bertz CT molecular complexity index is 361. The molecular weight excluding hydrogens is 224 g/mol. The summed E-state index contributed by atoms with van der Waals surface area (Å²) in [6.45, 7) is 9.63. The van der Waals surface area contributed by atoms with Gasteiger partial charge in [0.2, 0.25) is 0 Å². The van der Waals surface area contributed by atoms with Gasteiger partial charge in [-0.2, -0.15) is 0 Å². The lowest BCUT2D eigenvalue weighted by Crippen LogP contribution is -2.32. The Labute approximate surface area is 111 Å². The van der Waals surface area contributed by atoms with E-state index in [2.05, 4.69) is 54.9 Å². The standard InChI is InChI=1S/C14H26N4/c1-6-9-15-13-11(4)14(17-10-16-13)18(5)12(7-2)8-3/h10,12H,6-9H2,1-5H3,(H,15,16,17). The van der Waals surface area contributed by atoms with Gasteiger partial charge in [-0.05, 0) is 26.2 Å². The number of hydrogen-bond donors (Lipinski definition) is 1. The Morgan fingerprint density at radius 2 is 1.89 bits per heavy atom. The molecule has 0 atom stereocenters. The molecule has 1 rings (SSSR count). The van der Waals surface area contributed by atoms with Crippen molar-refractivity contribution in [2.75, 3.05) is 23.8 Å². The van der Waals surface area contributed by atoms with E-state index in [-0.39, 0.29) is 0 Å². The third-order valence-corrected chi connectivity index (χ3v) is 3.42. The van der Waals surface area contributed by atoms with Crippen LogP contribution in [0.5, 0.6) is 0 Å². The normalized spacial score (nSPS) is 10.8. The van der Waals surface area contributed by atoms with Gasteiger partial charge in [0.1, 0.15) is 18.0 Å². The molecule has 0 amide bonds. The second-order valence-corrected chi connectivity index (χ2v) is 4.68. The van der Waals surface area contributed by atoms with Gasteiger partial charge in [0, 0.05) is 25.2 Å². The molecule has 0 saturated carbocycles. The second kappa shape index (κ2) is 7.19. The first kappa shape index (κ1) is 14.7. The number of anilines is 2. The average Bonchev–Trinajstić information content (AvgIpc) is 2.39. The molecule has 0 aliphatic heterocycles. The Hall–Kier alpha value is -1.32. The van der Waals surface area contributed by atoms with Crippen LogP contribution in [0.4, 0.5) is 11.6 Å². The zero-order valence-corrected chi connectivity index (χ0v) is 12.3. The maximum absolute atomic E-state index is 4.44. The van der Waals surface area contributed by atoms with Crippen molar-refractivity contribution in [3.8, 4) is 0 Å². The first-order chi connectivity index (χ1) is 8.65. The molecule has 1 aromatic rings. The highest BCUT2D eigenvalue weighted by molar-refractivity contribution is 5.57. The molecule has 0 fully saturated rings. The summed E-state index contributed by atoms with van der Waals surface area (Å²) in [7, 11) is 2.12. The molecule has 18 heavy (non-hydrogen) atoms. The van der Waals surface area contributed by atoms with Gasteiger partial charge in [-0.1, -0.05) is 20.8 Å². The molecule has 0 aliphatic rings. The molecule has 0 aliphatic carbocycles. The van der Waals surface area contributed by atoms with E-state index < -0.39 is 0 Å². The SMILES string of the molecule is CCCNc1ncnc(N(C)C(CC)CC)c1C. The van der Waals surface area contributed by atoms with Crippen LogP contribution >= 0.6 is 0 Å². The number of hydrogen-bond acceptors (Lipinski definition) is 4. The van der Waals surface area contributed by atoms with Gasteiger partial charge in [0.15, 0.2) is 0 Å². The van der Waals surface area contributed by atoms with Crippen molar-refractivity contribution in [3.05, 3.63) is 11.9 Å². The van der Waals surface area contributed by atoms with Crippen molar-refractivity contribution in [2.24, 2.45) is 0 Å². The van der Waals surface area contributed by atoms with E-state index >= 15 is 0 Å². The average molecular weight is 250 g/mol. The molecule has 1 N–H and O–H groups in total. The zero-order valence-electron chi connectivity index (χ0n) is 12.3. The van der Waals surface area contributed by atoms with Crippen molar-refractivity contribution in [3.63, 3.8) is 0 Å². The van der Waals surface area contributed by atoms with Gasteiger partial charge in [0.25, 0.3) is 0 Å². The van der Waals surface area contributed by atoms with Crippen LogP contribution in [0.15, 0.2) is 6.33 Å². The van der Waals surface area contributed by atoms with E-state index in [9.17, 15) is 0 Å². The molecule has 4 heteroatoms. The quantitative estimate of drug-likeness (QED) is 0.806. The highest BCUT2D eigenvalue weighted by Gasteiger charge is 2.16. The van der Waals surface area contributed by atoms with Gasteiger partial charge in [0.05, 0.1) is 0 Å². The minimum Gasteiger partial charge on any atom is -0.370 e. The first-order valence-electron chi connectivity index (χ1n) is 6.93. The lowest BCUT2D eigenvalue weighted by Gasteiger charge is -2.29. The molecule has 102 valence electrons. The number of nitrogens with one attached hydrogen (secondary N) is 1. The van der Waals surface area contributed by atoms with Crippen molar-refractivity contribution >= 4 is 11.6 Å². The van der Waals surface area contributed by atoms with Crippen molar-refractivity contribution in [1.29, 1.82) is 0 Å². The monoisotopic (exact) mass is 250 g/mol. The fourth-order valence-electron chi connectivity index (χ4n) is 2.23. The van der Waals surface area contributed by atoms with Crippen LogP contribution in [0, 0.1) is 6.92 Å². The summed E-state index contributed by atoms with van der Waals surface area (Å²) in [5, 5.41) is 3.36. The smallest absolute Gasteiger partial charge is 0.137 e. The molecule has 1 heterocycles. The van der Waals surface area contributed by atoms with E-state index in [0.29, 0.717) is 6.04 Å². The Balaban J connectivity index is 2.94. The van der Waals surface area contributed by atoms with E-state index in [0.717, 1.165) is 43.0 Å². The highest BCUT2D eigenvalue weighted by atomic mass is 15.2. The third kappa shape index (κ3) is 3.34. The molecule has 1 aromatic heterocycles. The summed E-state index contributed by atoms with van der Waals surface area (Å²) < 4.78 is 0. The maximum atomic E-state index is 4.44. The molecule has 0 unspecified atom stereocenters. The summed E-state index contributed by atoms with van der Waals surface area (Å²) in [5.74, 6) is 2.00. The van der Waals surface area contributed by atoms with Crippen molar-refractivity contribution in [1.82, 2.24) is 9.97 Å². The predicted octanol–water partition coefficient (Wildman–Crippen LogP) is 3.23. The van der Waals surface area contributed by atoms with Gasteiger partial charge >= 0.3 is 0 Å². The Morgan fingerprint density at radius 3 is 2.44 bits per heavy atom. The second-order valence-electron chi connectivity index (χ2n) is 4.68. The largest absolute Gasteiger partial charge is 0.370 e. The van der Waals surface area contributed by atoms with Crippen LogP contribution in [-0.4, -0.2) is 29.6 Å².